The lowest BCUT2D eigenvalue weighted by atomic mass is 9.91. The summed E-state index contributed by atoms with van der Waals surface area (Å²) in [5, 5.41) is 0. The second kappa shape index (κ2) is 6.77. The van der Waals surface area contributed by atoms with Crippen LogP contribution >= 0.6 is 0 Å². The molecule has 1 atom stereocenters. The molecule has 0 radical (unpaired) electrons. The SMILES string of the molecule is O=C(c1ccco1)N1CCC[C@@H](CCc2ccccc2F)C1. The van der Waals surface area contributed by atoms with Crippen molar-refractivity contribution in [2.45, 2.75) is 25.7 Å². The van der Waals surface area contributed by atoms with E-state index in [-0.39, 0.29) is 11.7 Å². The largest absolute Gasteiger partial charge is 0.459 e. The lowest BCUT2D eigenvalue weighted by Crippen LogP contribution is -2.39. The smallest absolute Gasteiger partial charge is 0.289 e. The minimum absolute atomic E-state index is 0.0411. The minimum Gasteiger partial charge on any atom is -0.459 e. The van der Waals surface area contributed by atoms with Crippen LogP contribution < -0.4 is 0 Å². The van der Waals surface area contributed by atoms with Gasteiger partial charge in [-0.3, -0.25) is 4.79 Å². The molecule has 1 aliphatic rings. The Morgan fingerprint density at radius 1 is 1.27 bits per heavy atom. The average molecular weight is 301 g/mol. The number of aryl methyl sites for hydroxylation is 1. The molecule has 22 heavy (non-hydrogen) atoms. The first-order chi connectivity index (χ1) is 10.7. The fraction of sp³-hybridized carbons (Fsp3) is 0.389. The number of carbonyl (C=O) groups excluding carboxylic acids is 1. The zero-order valence-corrected chi connectivity index (χ0v) is 12.5. The van der Waals surface area contributed by atoms with E-state index in [9.17, 15) is 9.18 Å². The molecule has 3 nitrogen and oxygen atoms in total. The van der Waals surface area contributed by atoms with E-state index in [4.69, 9.17) is 4.42 Å². The predicted octanol–water partition coefficient (Wildman–Crippen LogP) is 3.90. The highest BCUT2D eigenvalue weighted by atomic mass is 19.1. The van der Waals surface area contributed by atoms with Crippen molar-refractivity contribution >= 4 is 5.91 Å². The minimum atomic E-state index is -0.137. The molecule has 0 N–H and O–H groups in total. The number of furan rings is 1. The van der Waals surface area contributed by atoms with Crippen molar-refractivity contribution < 1.29 is 13.6 Å². The number of hydrogen-bond acceptors (Lipinski definition) is 2. The van der Waals surface area contributed by atoms with Gasteiger partial charge in [-0.15, -0.1) is 0 Å². The summed E-state index contributed by atoms with van der Waals surface area (Å²) < 4.78 is 18.8. The fourth-order valence-electron chi connectivity index (χ4n) is 3.10. The Morgan fingerprint density at radius 2 is 2.14 bits per heavy atom. The van der Waals surface area contributed by atoms with E-state index >= 15 is 0 Å². The maximum atomic E-state index is 13.7. The number of benzene rings is 1. The quantitative estimate of drug-likeness (QED) is 0.858. The van der Waals surface area contributed by atoms with E-state index in [2.05, 4.69) is 0 Å². The number of hydrogen-bond donors (Lipinski definition) is 0. The molecule has 2 heterocycles. The lowest BCUT2D eigenvalue weighted by molar-refractivity contribution is 0.0636. The van der Waals surface area contributed by atoms with Crippen LogP contribution in [0.5, 0.6) is 0 Å². The molecule has 0 bridgehead atoms. The van der Waals surface area contributed by atoms with Crippen LogP contribution in [0.15, 0.2) is 47.1 Å². The van der Waals surface area contributed by atoms with Gasteiger partial charge in [0.05, 0.1) is 6.26 Å². The first-order valence-electron chi connectivity index (χ1n) is 7.80. The maximum absolute atomic E-state index is 13.7. The monoisotopic (exact) mass is 301 g/mol. The van der Waals surface area contributed by atoms with Gasteiger partial charge in [0.1, 0.15) is 5.82 Å². The Hall–Kier alpha value is -2.10. The average Bonchev–Trinajstić information content (AvgIpc) is 3.08. The Morgan fingerprint density at radius 3 is 2.91 bits per heavy atom. The molecule has 0 unspecified atom stereocenters. The third-order valence-electron chi connectivity index (χ3n) is 4.32. The van der Waals surface area contributed by atoms with Crippen molar-refractivity contribution in [1.82, 2.24) is 4.90 Å². The molecule has 1 aromatic heterocycles. The molecule has 1 saturated heterocycles. The molecule has 0 aliphatic carbocycles. The summed E-state index contributed by atoms with van der Waals surface area (Å²) in [7, 11) is 0. The van der Waals surface area contributed by atoms with Crippen LogP contribution in [0.1, 0.15) is 35.4 Å². The Bertz CT molecular complexity index is 624. The molecule has 116 valence electrons. The highest BCUT2D eigenvalue weighted by molar-refractivity contribution is 5.91. The van der Waals surface area contributed by atoms with E-state index < -0.39 is 0 Å². The van der Waals surface area contributed by atoms with Crippen molar-refractivity contribution in [3.63, 3.8) is 0 Å². The van der Waals surface area contributed by atoms with Gasteiger partial charge >= 0.3 is 0 Å². The molecule has 3 rings (SSSR count). The number of rotatable bonds is 4. The summed E-state index contributed by atoms with van der Waals surface area (Å²) in [6.45, 7) is 1.50. The van der Waals surface area contributed by atoms with Gasteiger partial charge in [-0.05, 0) is 55.4 Å². The first-order valence-corrected chi connectivity index (χ1v) is 7.80. The number of likely N-dealkylation sites (tertiary alicyclic amines) is 1. The summed E-state index contributed by atoms with van der Waals surface area (Å²) in [6, 6.07) is 10.3. The Kier molecular flexibility index (Phi) is 4.56. The highest BCUT2D eigenvalue weighted by Crippen LogP contribution is 2.23. The topological polar surface area (TPSA) is 33.5 Å². The highest BCUT2D eigenvalue weighted by Gasteiger charge is 2.25. The van der Waals surface area contributed by atoms with Crippen molar-refractivity contribution in [3.05, 3.63) is 59.8 Å². The number of nitrogens with zero attached hydrogens (tertiary/aromatic N) is 1. The third kappa shape index (κ3) is 3.38. The molecular formula is C18H20FNO2. The van der Waals surface area contributed by atoms with Gasteiger partial charge in [0, 0.05) is 13.1 Å². The van der Waals surface area contributed by atoms with Crippen LogP contribution in [-0.4, -0.2) is 23.9 Å². The number of amides is 1. The van der Waals surface area contributed by atoms with Gasteiger partial charge < -0.3 is 9.32 Å². The molecule has 1 aliphatic heterocycles. The van der Waals surface area contributed by atoms with Crippen molar-refractivity contribution in [2.75, 3.05) is 13.1 Å². The van der Waals surface area contributed by atoms with Crippen molar-refractivity contribution in [2.24, 2.45) is 5.92 Å². The molecule has 1 amide bonds. The summed E-state index contributed by atoms with van der Waals surface area (Å²) in [5.41, 5.74) is 0.761. The van der Waals surface area contributed by atoms with Gasteiger partial charge in [-0.2, -0.15) is 0 Å². The molecule has 0 spiro atoms. The first kappa shape index (κ1) is 14.8. The van der Waals surface area contributed by atoms with Crippen molar-refractivity contribution in [1.29, 1.82) is 0 Å². The summed E-state index contributed by atoms with van der Waals surface area (Å²) >= 11 is 0. The summed E-state index contributed by atoms with van der Waals surface area (Å²) in [6.07, 6.45) is 5.24. The van der Waals surface area contributed by atoms with Crippen molar-refractivity contribution in [3.8, 4) is 0 Å². The zero-order valence-electron chi connectivity index (χ0n) is 12.5. The fourth-order valence-corrected chi connectivity index (χ4v) is 3.10. The molecule has 1 aromatic carbocycles. The van der Waals surface area contributed by atoms with Crippen LogP contribution in [0.3, 0.4) is 0 Å². The summed E-state index contributed by atoms with van der Waals surface area (Å²) in [4.78, 5) is 14.2. The zero-order chi connectivity index (χ0) is 15.4. The maximum Gasteiger partial charge on any atom is 0.289 e. The number of piperidine rings is 1. The van der Waals surface area contributed by atoms with Gasteiger partial charge in [0.25, 0.3) is 5.91 Å². The third-order valence-corrected chi connectivity index (χ3v) is 4.32. The van der Waals surface area contributed by atoms with Crippen LogP contribution in [-0.2, 0) is 6.42 Å². The molecule has 0 saturated carbocycles. The van der Waals surface area contributed by atoms with Gasteiger partial charge in [0.15, 0.2) is 5.76 Å². The Labute approximate surface area is 129 Å². The molecule has 4 heteroatoms. The molecule has 1 fully saturated rings. The van der Waals surface area contributed by atoms with Gasteiger partial charge in [-0.1, -0.05) is 18.2 Å². The van der Waals surface area contributed by atoms with E-state index in [1.54, 1.807) is 18.2 Å². The molecular weight excluding hydrogens is 281 g/mol. The normalized spacial score (nSPS) is 18.4. The lowest BCUT2D eigenvalue weighted by Gasteiger charge is -2.32. The van der Waals surface area contributed by atoms with Crippen LogP contribution in [0, 0.1) is 11.7 Å². The van der Waals surface area contributed by atoms with Crippen LogP contribution in [0.4, 0.5) is 4.39 Å². The second-order valence-corrected chi connectivity index (χ2v) is 5.87. The van der Waals surface area contributed by atoms with Gasteiger partial charge in [0.2, 0.25) is 0 Å². The molecule has 2 aromatic rings. The second-order valence-electron chi connectivity index (χ2n) is 5.87. The predicted molar refractivity (Wildman–Crippen MR) is 82.1 cm³/mol. The number of carbonyl (C=O) groups is 1. The Balaban J connectivity index is 1.57. The standard InChI is InChI=1S/C18H20FNO2/c19-16-7-2-1-6-15(16)10-9-14-5-3-11-20(13-14)18(21)17-8-4-12-22-17/h1-2,4,6-8,12,14H,3,5,9-11,13H2/t14-/m0/s1. The van der Waals surface area contributed by atoms with E-state index in [1.165, 1.54) is 12.3 Å². The van der Waals surface area contributed by atoms with Crippen LogP contribution in [0.25, 0.3) is 0 Å². The summed E-state index contributed by atoms with van der Waals surface area (Å²) in [5.74, 6) is 0.643. The van der Waals surface area contributed by atoms with Gasteiger partial charge in [-0.25, -0.2) is 4.39 Å². The van der Waals surface area contributed by atoms with E-state index in [0.29, 0.717) is 11.7 Å². The van der Waals surface area contributed by atoms with E-state index in [0.717, 1.165) is 44.3 Å². The van der Waals surface area contributed by atoms with Crippen LogP contribution in [0.2, 0.25) is 0 Å². The van der Waals surface area contributed by atoms with E-state index in [1.807, 2.05) is 17.0 Å². The number of halogens is 1.